The number of hydrazine groups is 1. The van der Waals surface area contributed by atoms with Crippen molar-refractivity contribution in [3.8, 4) is 22.4 Å². The van der Waals surface area contributed by atoms with Gasteiger partial charge in [0, 0.05) is 92.6 Å². The van der Waals surface area contributed by atoms with Crippen LogP contribution < -0.4 is 15.6 Å². The first-order valence-electron chi connectivity index (χ1n) is 32.9. The van der Waals surface area contributed by atoms with Crippen molar-refractivity contribution in [1.29, 1.82) is 0 Å². The Morgan fingerprint density at radius 2 is 1.70 bits per heavy atom. The van der Waals surface area contributed by atoms with E-state index in [-0.39, 0.29) is 66.1 Å². The average molecular weight is 1200 g/mol. The zero-order valence-electron chi connectivity index (χ0n) is 52.4. The molecule has 6 saturated heterocycles. The number of ether oxygens (including phenoxy) is 2. The van der Waals surface area contributed by atoms with Crippen LogP contribution in [-0.2, 0) is 59.0 Å². The maximum atomic E-state index is 15.5. The number of likely N-dealkylation sites (tertiary alicyclic amines) is 2. The van der Waals surface area contributed by atoms with Crippen LogP contribution in [0.25, 0.3) is 33.3 Å². The molecule has 2 N–H and O–H groups in total. The Morgan fingerprint density at radius 1 is 0.907 bits per heavy atom. The van der Waals surface area contributed by atoms with Crippen LogP contribution in [0.5, 0.6) is 0 Å². The van der Waals surface area contributed by atoms with Crippen molar-refractivity contribution >= 4 is 51.3 Å². The molecule has 3 amide bonds. The number of aryl methyl sites for hydroxylation is 1. The second-order valence-corrected chi connectivity index (χ2v) is 31.4. The quantitative estimate of drug-likeness (QED) is 0.110. The number of amides is 3. The second-order valence-electron chi connectivity index (χ2n) is 29.2. The number of nitrogens with one attached hydrogen (secondary N) is 2. The summed E-state index contributed by atoms with van der Waals surface area (Å²) in [7, 11) is -1.25. The minimum absolute atomic E-state index is 0.0659. The molecule has 7 aliphatic heterocycles. The van der Waals surface area contributed by atoms with Crippen molar-refractivity contribution in [3.05, 3.63) is 71.5 Å². The molecule has 6 bridgehead atoms. The number of nitrogens with zero attached hydrogens (tertiary/aromatic N) is 8. The lowest BCUT2D eigenvalue weighted by Crippen LogP contribution is -2.62. The Kier molecular flexibility index (Phi) is 16.4. The number of pyridine rings is 1. The second kappa shape index (κ2) is 23.6. The Bertz CT molecular complexity index is 3270. The van der Waals surface area contributed by atoms with Gasteiger partial charge in [0.15, 0.2) is 0 Å². The molecule has 9 heterocycles. The number of hydrogen-bond donors (Lipinski definition) is 2. The maximum Gasteiger partial charge on any atom is 0.324 e. The molecule has 2 aromatic heterocycles. The van der Waals surface area contributed by atoms with Gasteiger partial charge in [0.25, 0.3) is 5.91 Å². The fourth-order valence-electron chi connectivity index (χ4n) is 16.2. The van der Waals surface area contributed by atoms with Crippen molar-refractivity contribution in [2.24, 2.45) is 22.7 Å². The zero-order chi connectivity index (χ0) is 60.0. The third-order valence-corrected chi connectivity index (χ3v) is 22.8. The number of carbonyl (C=O) groups excluding carboxylic acids is 4. The molecule has 9 atom stereocenters. The smallest absolute Gasteiger partial charge is 0.324 e. The van der Waals surface area contributed by atoms with E-state index in [0.29, 0.717) is 57.4 Å². The van der Waals surface area contributed by atoms with Gasteiger partial charge in [0.05, 0.1) is 66.0 Å². The molecule has 4 aromatic rings. The lowest BCUT2D eigenvalue weighted by Gasteiger charge is -2.44. The van der Waals surface area contributed by atoms with Gasteiger partial charge >= 0.3 is 5.97 Å². The SMILES string of the molecule is CCn1c(-c2cc(N3CCN4CCOC[C@@H]4C3)cnc2C(C)C)c2c3cc(ccc31)-c1cccc(c1)C[C@H](NC(=O)[C@H](C1CCCC1)N1CC[C@]3(CCN(C(=O)[C@H]4[C@@H](C5CC5)N4[S@](=O)C(C)(C)C)C3)C1)C(=O)N1CCC[C@H](N1)C(=O)OCC(C)(C)C2. The largest absolute Gasteiger partial charge is 0.464 e. The lowest BCUT2D eigenvalue weighted by molar-refractivity contribution is -0.155. The number of aromatic nitrogens is 2. The van der Waals surface area contributed by atoms with Gasteiger partial charge in [0.1, 0.15) is 29.1 Å². The summed E-state index contributed by atoms with van der Waals surface area (Å²) in [5, 5.41) is 6.13. The molecular weight excluding hydrogens is 1100 g/mol. The highest BCUT2D eigenvalue weighted by molar-refractivity contribution is 7.84. The molecule has 9 aliphatic rings. The number of esters is 1. The molecule has 2 saturated carbocycles. The summed E-state index contributed by atoms with van der Waals surface area (Å²) >= 11 is 0. The topological polar surface area (TPSA) is 165 Å². The molecule has 17 nitrogen and oxygen atoms in total. The molecule has 1 unspecified atom stereocenters. The van der Waals surface area contributed by atoms with Crippen molar-refractivity contribution in [2.75, 3.05) is 83.6 Å². The van der Waals surface area contributed by atoms with Crippen LogP contribution in [0.3, 0.4) is 0 Å². The van der Waals surface area contributed by atoms with E-state index in [0.717, 1.165) is 154 Å². The van der Waals surface area contributed by atoms with Gasteiger partial charge < -0.3 is 29.2 Å². The molecule has 464 valence electrons. The first kappa shape index (κ1) is 59.7. The van der Waals surface area contributed by atoms with Crippen LogP contribution >= 0.6 is 0 Å². The van der Waals surface area contributed by atoms with Gasteiger partial charge in [-0.2, -0.15) is 0 Å². The third kappa shape index (κ3) is 11.7. The molecule has 0 radical (unpaired) electrons. The molecule has 18 heteroatoms. The number of morpholine rings is 1. The van der Waals surface area contributed by atoms with Crippen LogP contribution in [0.2, 0.25) is 0 Å². The number of carbonyl (C=O) groups is 4. The Morgan fingerprint density at radius 3 is 2.47 bits per heavy atom. The van der Waals surface area contributed by atoms with Crippen LogP contribution in [-0.4, -0.2) is 181 Å². The van der Waals surface area contributed by atoms with Gasteiger partial charge in [-0.15, -0.1) is 0 Å². The van der Waals surface area contributed by atoms with Crippen LogP contribution in [0.1, 0.15) is 142 Å². The van der Waals surface area contributed by atoms with E-state index >= 15 is 9.59 Å². The third-order valence-electron chi connectivity index (χ3n) is 20.9. The number of fused-ring (bicyclic) bond motifs is 7. The fourth-order valence-corrected chi connectivity index (χ4v) is 17.7. The molecular formula is C68H94N10O7S. The van der Waals surface area contributed by atoms with E-state index in [2.05, 4.69) is 119 Å². The summed E-state index contributed by atoms with van der Waals surface area (Å²) < 4.78 is 30.0. The van der Waals surface area contributed by atoms with Crippen LogP contribution in [0.15, 0.2) is 54.7 Å². The fraction of sp³-hybridized carbons (Fsp3) is 0.662. The highest BCUT2D eigenvalue weighted by Gasteiger charge is 2.64. The van der Waals surface area contributed by atoms with Crippen molar-refractivity contribution in [3.63, 3.8) is 0 Å². The minimum atomic E-state index is -1.25. The highest BCUT2D eigenvalue weighted by Crippen LogP contribution is 2.51. The number of benzene rings is 2. The van der Waals surface area contributed by atoms with Crippen LogP contribution in [0.4, 0.5) is 5.69 Å². The van der Waals surface area contributed by atoms with Crippen molar-refractivity contribution < 1.29 is 32.9 Å². The van der Waals surface area contributed by atoms with E-state index in [1.165, 1.54) is 5.56 Å². The maximum absolute atomic E-state index is 15.5. The predicted octanol–water partition coefficient (Wildman–Crippen LogP) is 8.09. The van der Waals surface area contributed by atoms with Gasteiger partial charge in [0.2, 0.25) is 11.8 Å². The van der Waals surface area contributed by atoms with E-state index < -0.39 is 39.3 Å². The Balaban J connectivity index is 0.811. The Labute approximate surface area is 512 Å². The van der Waals surface area contributed by atoms with Gasteiger partial charge in [-0.05, 0) is 150 Å². The van der Waals surface area contributed by atoms with E-state index in [1.807, 2.05) is 30.0 Å². The zero-order valence-corrected chi connectivity index (χ0v) is 53.2. The van der Waals surface area contributed by atoms with Crippen molar-refractivity contribution in [1.82, 2.24) is 44.3 Å². The number of rotatable bonds is 11. The monoisotopic (exact) mass is 1190 g/mol. The molecule has 2 aromatic carbocycles. The van der Waals surface area contributed by atoms with Gasteiger partial charge in [-0.3, -0.25) is 39.0 Å². The summed E-state index contributed by atoms with van der Waals surface area (Å²) in [5.41, 5.74) is 12.5. The summed E-state index contributed by atoms with van der Waals surface area (Å²) in [5.74, 6) is 0.0636. The summed E-state index contributed by atoms with van der Waals surface area (Å²) in [6.07, 6.45) is 12.0. The van der Waals surface area contributed by atoms with E-state index in [1.54, 1.807) is 5.01 Å². The highest BCUT2D eigenvalue weighted by atomic mass is 32.2. The first-order valence-corrected chi connectivity index (χ1v) is 34.0. The van der Waals surface area contributed by atoms with Gasteiger partial charge in [-0.25, -0.2) is 13.9 Å². The number of hydrogen-bond acceptors (Lipinski definition) is 12. The molecule has 2 aliphatic carbocycles. The predicted molar refractivity (Wildman–Crippen MR) is 336 cm³/mol. The summed E-state index contributed by atoms with van der Waals surface area (Å²) in [4.78, 5) is 74.3. The summed E-state index contributed by atoms with van der Waals surface area (Å²) in [6.45, 7) is 26.4. The molecule has 86 heavy (non-hydrogen) atoms. The standard InChI is InChI=1S/C68H94N10O7S/c1-9-76-56-22-21-48-34-51(56)53(60(76)52-35-49(37-69-57(52)43(2)3)73-29-28-72-30-31-84-39-50(72)38-73)36-67(7,8)42-85-65(82)54-18-13-25-77(71-54)63(80)55(33-44-14-12-17-47(48)32-44)70-62(79)59(45-15-10-11-16-45)74-26-23-68(40-74)24-27-75(41-68)64(81)61-58(46-19-20-46)78(61)86(83)66(4,5)6/h12,14,17,21-22,32,34-35,37,43,45-46,50,54-55,58-59,61,71H,9-11,13,15-16,18-20,23-31,33,36,38-42H2,1-8H3,(H,70,79)/t50-,54-,55-,58+,59-,61+,68-,78?,86+/m0/s1. The van der Waals surface area contributed by atoms with Crippen molar-refractivity contribution in [2.45, 2.75) is 186 Å². The first-order chi connectivity index (χ1) is 41.3. The lowest BCUT2D eigenvalue weighted by atomic mass is 9.83. The normalized spacial score (nSPS) is 29.3. The Hall–Kier alpha value is -5.24. The number of cyclic esters (lactones) is 1. The average Bonchev–Trinajstić information content (AvgIpc) is 1.59. The molecule has 13 rings (SSSR count). The van der Waals surface area contributed by atoms with Crippen LogP contribution in [0, 0.1) is 22.7 Å². The van der Waals surface area contributed by atoms with E-state index in [4.69, 9.17) is 14.5 Å². The number of anilines is 1. The van der Waals surface area contributed by atoms with E-state index in [9.17, 15) is 13.8 Å². The summed E-state index contributed by atoms with van der Waals surface area (Å²) in [6, 6.07) is 15.7. The molecule has 8 fully saturated rings. The molecule has 1 spiro atoms. The number of piperazine rings is 1. The van der Waals surface area contributed by atoms with Gasteiger partial charge in [-0.1, -0.05) is 70.9 Å². The minimum Gasteiger partial charge on any atom is -0.464 e.